The standard InChI is InChI=1S/C16H19N5O/c1-3-9-18-15-5-4-14(19-20-15)16(22)21(2)12-8-13-6-10-17-11-7-13/h3-7,10-11H,1,8-9,12H2,2H3,(H,18,20). The van der Waals surface area contributed by atoms with Crippen LogP contribution in [0.2, 0.25) is 0 Å². The number of nitrogens with one attached hydrogen (secondary N) is 1. The zero-order valence-electron chi connectivity index (χ0n) is 12.6. The first-order valence-electron chi connectivity index (χ1n) is 7.03. The summed E-state index contributed by atoms with van der Waals surface area (Å²) in [5, 5.41) is 10.9. The number of carbonyl (C=O) groups is 1. The summed E-state index contributed by atoms with van der Waals surface area (Å²) in [6, 6.07) is 7.29. The van der Waals surface area contributed by atoms with Crippen LogP contribution in [-0.2, 0) is 6.42 Å². The van der Waals surface area contributed by atoms with Crippen LogP contribution in [0, 0.1) is 0 Å². The summed E-state index contributed by atoms with van der Waals surface area (Å²) < 4.78 is 0. The van der Waals surface area contributed by atoms with E-state index in [2.05, 4.69) is 27.1 Å². The summed E-state index contributed by atoms with van der Waals surface area (Å²) in [4.78, 5) is 17.9. The van der Waals surface area contributed by atoms with Gasteiger partial charge in [0.25, 0.3) is 5.91 Å². The molecule has 0 unspecified atom stereocenters. The summed E-state index contributed by atoms with van der Waals surface area (Å²) in [7, 11) is 1.76. The quantitative estimate of drug-likeness (QED) is 0.789. The highest BCUT2D eigenvalue weighted by atomic mass is 16.2. The number of aromatic nitrogens is 3. The van der Waals surface area contributed by atoms with Gasteiger partial charge in [-0.25, -0.2) is 0 Å². The molecule has 0 radical (unpaired) electrons. The Balaban J connectivity index is 1.91. The average Bonchev–Trinajstić information content (AvgIpc) is 2.58. The van der Waals surface area contributed by atoms with Crippen molar-refractivity contribution in [1.29, 1.82) is 0 Å². The van der Waals surface area contributed by atoms with Crippen molar-refractivity contribution in [2.75, 3.05) is 25.5 Å². The number of rotatable bonds is 7. The zero-order valence-corrected chi connectivity index (χ0v) is 12.6. The molecule has 6 heteroatoms. The van der Waals surface area contributed by atoms with Gasteiger partial charge in [0, 0.05) is 32.5 Å². The van der Waals surface area contributed by atoms with Crippen molar-refractivity contribution in [2.45, 2.75) is 6.42 Å². The Kier molecular flexibility index (Phi) is 5.59. The van der Waals surface area contributed by atoms with Crippen molar-refractivity contribution in [3.63, 3.8) is 0 Å². The van der Waals surface area contributed by atoms with E-state index in [0.717, 1.165) is 12.0 Å². The molecule has 0 aliphatic rings. The lowest BCUT2D eigenvalue weighted by molar-refractivity contribution is 0.0789. The molecular formula is C16H19N5O. The Morgan fingerprint density at radius 2 is 2.05 bits per heavy atom. The van der Waals surface area contributed by atoms with Crippen molar-refractivity contribution in [3.05, 3.63) is 60.6 Å². The van der Waals surface area contributed by atoms with Crippen LogP contribution in [0.1, 0.15) is 16.1 Å². The highest BCUT2D eigenvalue weighted by Crippen LogP contribution is 2.05. The smallest absolute Gasteiger partial charge is 0.274 e. The van der Waals surface area contributed by atoms with Gasteiger partial charge in [-0.05, 0) is 36.2 Å². The van der Waals surface area contributed by atoms with Crippen LogP contribution in [-0.4, -0.2) is 46.1 Å². The van der Waals surface area contributed by atoms with Crippen LogP contribution in [0.4, 0.5) is 5.82 Å². The fraction of sp³-hybridized carbons (Fsp3) is 0.250. The normalized spacial score (nSPS) is 10.0. The number of nitrogens with zero attached hydrogens (tertiary/aromatic N) is 4. The van der Waals surface area contributed by atoms with Gasteiger partial charge < -0.3 is 10.2 Å². The second kappa shape index (κ2) is 7.87. The maximum Gasteiger partial charge on any atom is 0.274 e. The second-order valence-corrected chi connectivity index (χ2v) is 4.81. The van der Waals surface area contributed by atoms with Crippen LogP contribution in [0.3, 0.4) is 0 Å². The SMILES string of the molecule is C=CCNc1ccc(C(=O)N(C)CCc2ccncc2)nn1. The molecule has 0 bridgehead atoms. The van der Waals surface area contributed by atoms with Crippen LogP contribution in [0.15, 0.2) is 49.3 Å². The Bertz CT molecular complexity index is 612. The molecular weight excluding hydrogens is 278 g/mol. The molecule has 2 aromatic rings. The van der Waals surface area contributed by atoms with E-state index in [0.29, 0.717) is 24.6 Å². The molecule has 0 saturated heterocycles. The molecule has 2 heterocycles. The minimum Gasteiger partial charge on any atom is -0.365 e. The number of pyridine rings is 1. The van der Waals surface area contributed by atoms with E-state index in [4.69, 9.17) is 0 Å². The fourth-order valence-electron chi connectivity index (χ4n) is 1.86. The summed E-state index contributed by atoms with van der Waals surface area (Å²) in [6.45, 7) is 4.83. The molecule has 0 aromatic carbocycles. The van der Waals surface area contributed by atoms with Crippen molar-refractivity contribution in [3.8, 4) is 0 Å². The van der Waals surface area contributed by atoms with Gasteiger partial charge in [-0.3, -0.25) is 9.78 Å². The molecule has 0 fully saturated rings. The molecule has 0 aliphatic carbocycles. The lowest BCUT2D eigenvalue weighted by Crippen LogP contribution is -2.29. The third-order valence-electron chi connectivity index (χ3n) is 3.14. The van der Waals surface area contributed by atoms with Crippen LogP contribution >= 0.6 is 0 Å². The van der Waals surface area contributed by atoms with Crippen molar-refractivity contribution in [1.82, 2.24) is 20.1 Å². The first kappa shape index (κ1) is 15.6. The van der Waals surface area contributed by atoms with Crippen LogP contribution in [0.5, 0.6) is 0 Å². The van der Waals surface area contributed by atoms with E-state index in [1.165, 1.54) is 0 Å². The van der Waals surface area contributed by atoms with E-state index in [9.17, 15) is 4.79 Å². The minimum atomic E-state index is -0.142. The Hall–Kier alpha value is -2.76. The van der Waals surface area contributed by atoms with E-state index < -0.39 is 0 Å². The zero-order chi connectivity index (χ0) is 15.8. The average molecular weight is 297 g/mol. The van der Waals surface area contributed by atoms with E-state index in [-0.39, 0.29) is 5.91 Å². The predicted octanol–water partition coefficient (Wildman–Crippen LogP) is 1.78. The maximum absolute atomic E-state index is 12.3. The summed E-state index contributed by atoms with van der Waals surface area (Å²) in [6.07, 6.45) is 6.00. The van der Waals surface area contributed by atoms with Crippen LogP contribution < -0.4 is 5.32 Å². The molecule has 0 saturated carbocycles. The monoisotopic (exact) mass is 297 g/mol. The number of hydrogen-bond donors (Lipinski definition) is 1. The van der Waals surface area contributed by atoms with E-state index in [1.807, 2.05) is 12.1 Å². The molecule has 1 amide bonds. The summed E-state index contributed by atoms with van der Waals surface area (Å²) in [5.41, 5.74) is 1.48. The van der Waals surface area contributed by atoms with E-state index in [1.54, 1.807) is 42.6 Å². The van der Waals surface area contributed by atoms with Gasteiger partial charge in [0.05, 0.1) is 0 Å². The molecule has 6 nitrogen and oxygen atoms in total. The number of likely N-dealkylation sites (N-methyl/N-ethyl adjacent to an activating group) is 1. The lowest BCUT2D eigenvalue weighted by atomic mass is 10.2. The highest BCUT2D eigenvalue weighted by molar-refractivity contribution is 5.92. The highest BCUT2D eigenvalue weighted by Gasteiger charge is 2.13. The minimum absolute atomic E-state index is 0.142. The number of anilines is 1. The third kappa shape index (κ3) is 4.37. The molecule has 0 atom stereocenters. The van der Waals surface area contributed by atoms with Crippen molar-refractivity contribution in [2.24, 2.45) is 0 Å². The van der Waals surface area contributed by atoms with Gasteiger partial charge in [-0.15, -0.1) is 16.8 Å². The summed E-state index contributed by atoms with van der Waals surface area (Å²) >= 11 is 0. The summed E-state index contributed by atoms with van der Waals surface area (Å²) in [5.74, 6) is 0.479. The van der Waals surface area contributed by atoms with Gasteiger partial charge in [0.1, 0.15) is 5.82 Å². The molecule has 22 heavy (non-hydrogen) atoms. The van der Waals surface area contributed by atoms with Crippen LogP contribution in [0.25, 0.3) is 0 Å². The molecule has 0 spiro atoms. The van der Waals surface area contributed by atoms with Gasteiger partial charge >= 0.3 is 0 Å². The Morgan fingerprint density at radius 3 is 2.68 bits per heavy atom. The molecule has 0 aliphatic heterocycles. The molecule has 114 valence electrons. The van der Waals surface area contributed by atoms with Gasteiger partial charge in [-0.1, -0.05) is 6.08 Å². The van der Waals surface area contributed by atoms with Gasteiger partial charge in [0.15, 0.2) is 5.69 Å². The molecule has 2 aromatic heterocycles. The Morgan fingerprint density at radius 1 is 1.27 bits per heavy atom. The van der Waals surface area contributed by atoms with Crippen molar-refractivity contribution < 1.29 is 4.79 Å². The number of amides is 1. The predicted molar refractivity (Wildman–Crippen MR) is 85.6 cm³/mol. The second-order valence-electron chi connectivity index (χ2n) is 4.81. The van der Waals surface area contributed by atoms with Crippen molar-refractivity contribution >= 4 is 11.7 Å². The molecule has 2 rings (SSSR count). The first-order valence-corrected chi connectivity index (χ1v) is 7.03. The lowest BCUT2D eigenvalue weighted by Gasteiger charge is -2.16. The maximum atomic E-state index is 12.3. The third-order valence-corrected chi connectivity index (χ3v) is 3.14. The fourth-order valence-corrected chi connectivity index (χ4v) is 1.86. The first-order chi connectivity index (χ1) is 10.7. The topological polar surface area (TPSA) is 71.0 Å². The Labute approximate surface area is 129 Å². The number of carbonyl (C=O) groups excluding carboxylic acids is 1. The molecule has 1 N–H and O–H groups in total. The van der Waals surface area contributed by atoms with E-state index >= 15 is 0 Å². The number of hydrogen-bond acceptors (Lipinski definition) is 5. The van der Waals surface area contributed by atoms with Gasteiger partial charge in [0.2, 0.25) is 0 Å². The largest absolute Gasteiger partial charge is 0.365 e. The van der Waals surface area contributed by atoms with Gasteiger partial charge in [-0.2, -0.15) is 0 Å².